The largest absolute Gasteiger partial charge is 0.463 e. The van der Waals surface area contributed by atoms with Crippen LogP contribution in [0.15, 0.2) is 30.3 Å². The van der Waals surface area contributed by atoms with Crippen LogP contribution in [0.2, 0.25) is 0 Å². The minimum absolute atomic E-state index is 0.316. The molecule has 0 saturated heterocycles. The standard InChI is InChI=1S/C15H22O3/c1-4-6-12-17-14(16)15(3,18-5-2)13-10-8-7-9-11-13/h7-11H,4-6,12H2,1-3H3. The summed E-state index contributed by atoms with van der Waals surface area (Å²) in [5.74, 6) is -0.316. The molecule has 18 heavy (non-hydrogen) atoms. The van der Waals surface area contributed by atoms with Gasteiger partial charge in [-0.2, -0.15) is 0 Å². The molecule has 1 aromatic rings. The summed E-state index contributed by atoms with van der Waals surface area (Å²) in [5.41, 5.74) is -0.183. The summed E-state index contributed by atoms with van der Waals surface area (Å²) in [6, 6.07) is 9.48. The second-order valence-electron chi connectivity index (χ2n) is 4.32. The maximum atomic E-state index is 12.2. The van der Waals surface area contributed by atoms with E-state index in [1.807, 2.05) is 37.3 Å². The third-order valence-electron chi connectivity index (χ3n) is 2.88. The highest BCUT2D eigenvalue weighted by atomic mass is 16.6. The zero-order chi connectivity index (χ0) is 13.4. The molecular weight excluding hydrogens is 228 g/mol. The minimum atomic E-state index is -1.01. The van der Waals surface area contributed by atoms with Gasteiger partial charge >= 0.3 is 5.97 Å². The van der Waals surface area contributed by atoms with E-state index >= 15 is 0 Å². The van der Waals surface area contributed by atoms with Crippen molar-refractivity contribution in [3.05, 3.63) is 35.9 Å². The van der Waals surface area contributed by atoms with Gasteiger partial charge in [-0.3, -0.25) is 0 Å². The Kier molecular flexibility index (Phi) is 5.86. The molecule has 0 heterocycles. The molecule has 3 heteroatoms. The molecule has 1 aromatic carbocycles. The van der Waals surface area contributed by atoms with Gasteiger partial charge in [-0.25, -0.2) is 4.79 Å². The molecule has 0 saturated carbocycles. The Hall–Kier alpha value is -1.35. The number of carbonyl (C=O) groups is 1. The van der Waals surface area contributed by atoms with Crippen LogP contribution in [0.1, 0.15) is 39.2 Å². The molecule has 0 aromatic heterocycles. The molecular formula is C15H22O3. The molecule has 100 valence electrons. The number of rotatable bonds is 7. The van der Waals surface area contributed by atoms with E-state index in [4.69, 9.17) is 9.47 Å². The Morgan fingerprint density at radius 1 is 1.22 bits per heavy atom. The van der Waals surface area contributed by atoms with Gasteiger partial charge in [-0.1, -0.05) is 43.7 Å². The highest BCUT2D eigenvalue weighted by Gasteiger charge is 2.37. The number of hydrogen-bond acceptors (Lipinski definition) is 3. The highest BCUT2D eigenvalue weighted by molar-refractivity contribution is 5.80. The van der Waals surface area contributed by atoms with Crippen LogP contribution in [0, 0.1) is 0 Å². The lowest BCUT2D eigenvalue weighted by atomic mass is 9.96. The second kappa shape index (κ2) is 7.17. The zero-order valence-corrected chi connectivity index (χ0v) is 11.4. The molecule has 0 amide bonds. The van der Waals surface area contributed by atoms with Crippen molar-refractivity contribution in [3.63, 3.8) is 0 Å². The number of hydrogen-bond donors (Lipinski definition) is 0. The Morgan fingerprint density at radius 2 is 1.89 bits per heavy atom. The smallest absolute Gasteiger partial charge is 0.342 e. The molecule has 0 bridgehead atoms. The van der Waals surface area contributed by atoms with Crippen molar-refractivity contribution >= 4 is 5.97 Å². The number of benzene rings is 1. The third-order valence-corrected chi connectivity index (χ3v) is 2.88. The summed E-state index contributed by atoms with van der Waals surface area (Å²) >= 11 is 0. The topological polar surface area (TPSA) is 35.5 Å². The first-order valence-corrected chi connectivity index (χ1v) is 6.51. The van der Waals surface area contributed by atoms with E-state index in [1.54, 1.807) is 6.92 Å². The minimum Gasteiger partial charge on any atom is -0.463 e. The fourth-order valence-corrected chi connectivity index (χ4v) is 1.75. The maximum absolute atomic E-state index is 12.2. The van der Waals surface area contributed by atoms with Crippen LogP contribution in [0.5, 0.6) is 0 Å². The Morgan fingerprint density at radius 3 is 2.44 bits per heavy atom. The Labute approximate surface area is 109 Å². The van der Waals surface area contributed by atoms with E-state index in [1.165, 1.54) is 0 Å². The normalized spacial score (nSPS) is 13.9. The maximum Gasteiger partial charge on any atom is 0.342 e. The van der Waals surface area contributed by atoms with Crippen LogP contribution < -0.4 is 0 Å². The van der Waals surface area contributed by atoms with Crippen molar-refractivity contribution in [2.75, 3.05) is 13.2 Å². The number of unbranched alkanes of at least 4 members (excludes halogenated alkanes) is 1. The molecule has 3 nitrogen and oxygen atoms in total. The van der Waals surface area contributed by atoms with E-state index in [9.17, 15) is 4.79 Å². The third kappa shape index (κ3) is 3.57. The summed E-state index contributed by atoms with van der Waals surface area (Å²) in [4.78, 5) is 12.2. The van der Waals surface area contributed by atoms with Gasteiger partial charge in [0.15, 0.2) is 5.60 Å². The van der Waals surface area contributed by atoms with Crippen molar-refractivity contribution in [2.24, 2.45) is 0 Å². The molecule has 0 fully saturated rings. The first kappa shape index (κ1) is 14.7. The van der Waals surface area contributed by atoms with Gasteiger partial charge in [-0.15, -0.1) is 0 Å². The molecule has 0 N–H and O–H groups in total. The molecule has 0 radical (unpaired) electrons. The van der Waals surface area contributed by atoms with Crippen LogP contribution in [0.4, 0.5) is 0 Å². The van der Waals surface area contributed by atoms with E-state index in [-0.39, 0.29) is 5.97 Å². The van der Waals surface area contributed by atoms with Crippen molar-refractivity contribution in [1.82, 2.24) is 0 Å². The second-order valence-corrected chi connectivity index (χ2v) is 4.32. The summed E-state index contributed by atoms with van der Waals surface area (Å²) in [5, 5.41) is 0. The number of esters is 1. The lowest BCUT2D eigenvalue weighted by Crippen LogP contribution is -2.37. The molecule has 0 spiro atoms. The van der Waals surface area contributed by atoms with E-state index in [0.29, 0.717) is 13.2 Å². The van der Waals surface area contributed by atoms with Crippen LogP contribution in [0.3, 0.4) is 0 Å². The van der Waals surface area contributed by atoms with Crippen molar-refractivity contribution < 1.29 is 14.3 Å². The van der Waals surface area contributed by atoms with Crippen LogP contribution >= 0.6 is 0 Å². The Balaban J connectivity index is 2.83. The van der Waals surface area contributed by atoms with Crippen molar-refractivity contribution in [2.45, 2.75) is 39.2 Å². The highest BCUT2D eigenvalue weighted by Crippen LogP contribution is 2.27. The number of ether oxygens (including phenoxy) is 2. The molecule has 1 atom stereocenters. The lowest BCUT2D eigenvalue weighted by Gasteiger charge is -2.27. The van der Waals surface area contributed by atoms with Gasteiger partial charge in [0.05, 0.1) is 6.61 Å². The van der Waals surface area contributed by atoms with E-state index in [0.717, 1.165) is 18.4 Å². The van der Waals surface area contributed by atoms with Gasteiger partial charge in [0.1, 0.15) is 0 Å². The monoisotopic (exact) mass is 250 g/mol. The predicted molar refractivity (Wildman–Crippen MR) is 71.3 cm³/mol. The van der Waals surface area contributed by atoms with Gasteiger partial charge in [0, 0.05) is 6.61 Å². The summed E-state index contributed by atoms with van der Waals surface area (Å²) in [6.07, 6.45) is 1.88. The number of carbonyl (C=O) groups excluding carboxylic acids is 1. The zero-order valence-electron chi connectivity index (χ0n) is 11.4. The van der Waals surface area contributed by atoms with Crippen LogP contribution in [0.25, 0.3) is 0 Å². The first-order valence-electron chi connectivity index (χ1n) is 6.51. The van der Waals surface area contributed by atoms with Crippen LogP contribution in [-0.2, 0) is 19.9 Å². The van der Waals surface area contributed by atoms with Gasteiger partial charge < -0.3 is 9.47 Å². The average molecular weight is 250 g/mol. The van der Waals surface area contributed by atoms with Crippen LogP contribution in [-0.4, -0.2) is 19.2 Å². The summed E-state index contributed by atoms with van der Waals surface area (Å²) in [6.45, 7) is 6.62. The van der Waals surface area contributed by atoms with Gasteiger partial charge in [0.25, 0.3) is 0 Å². The quantitative estimate of drug-likeness (QED) is 0.550. The first-order chi connectivity index (χ1) is 8.65. The summed E-state index contributed by atoms with van der Waals surface area (Å²) in [7, 11) is 0. The molecule has 0 aliphatic rings. The van der Waals surface area contributed by atoms with Gasteiger partial charge in [-0.05, 0) is 25.8 Å². The molecule has 0 aliphatic heterocycles. The van der Waals surface area contributed by atoms with Crippen molar-refractivity contribution in [1.29, 1.82) is 0 Å². The van der Waals surface area contributed by atoms with Gasteiger partial charge in [0.2, 0.25) is 0 Å². The molecule has 1 rings (SSSR count). The fourth-order valence-electron chi connectivity index (χ4n) is 1.75. The molecule has 1 unspecified atom stereocenters. The Bertz CT molecular complexity index is 361. The molecule has 0 aliphatic carbocycles. The lowest BCUT2D eigenvalue weighted by molar-refractivity contribution is -0.171. The summed E-state index contributed by atoms with van der Waals surface area (Å²) < 4.78 is 10.9. The predicted octanol–water partition coefficient (Wildman–Crippen LogP) is 3.28. The SMILES string of the molecule is CCCCOC(=O)C(C)(OCC)c1ccccc1. The van der Waals surface area contributed by atoms with E-state index < -0.39 is 5.60 Å². The fraction of sp³-hybridized carbons (Fsp3) is 0.533. The average Bonchev–Trinajstić information content (AvgIpc) is 2.40. The van der Waals surface area contributed by atoms with E-state index in [2.05, 4.69) is 6.92 Å². The van der Waals surface area contributed by atoms with Crippen molar-refractivity contribution in [3.8, 4) is 0 Å².